The van der Waals surface area contributed by atoms with E-state index in [1.54, 1.807) is 0 Å². The van der Waals surface area contributed by atoms with Gasteiger partial charge in [-0.15, -0.1) is 0 Å². The molecule has 2 rings (SSSR count). The Morgan fingerprint density at radius 3 is 2.14 bits per heavy atom. The van der Waals surface area contributed by atoms with Crippen molar-refractivity contribution in [1.82, 2.24) is 5.32 Å². The van der Waals surface area contributed by atoms with Gasteiger partial charge in [0.15, 0.2) is 0 Å². The Kier molecular flexibility index (Phi) is 4.49. The van der Waals surface area contributed by atoms with Crippen LogP contribution in [0.1, 0.15) is 44.9 Å². The fraction of sp³-hybridized carbons (Fsp3) is 0.857. The Bertz CT molecular complexity index is 410. The van der Waals surface area contributed by atoms with Crippen LogP contribution < -0.4 is 5.32 Å². The van der Waals surface area contributed by atoms with Gasteiger partial charge in [-0.05, 0) is 44.4 Å². The van der Waals surface area contributed by atoms with Crippen molar-refractivity contribution >= 4 is 11.9 Å². The summed E-state index contributed by atoms with van der Waals surface area (Å²) >= 11 is 0. The van der Waals surface area contributed by atoms with Crippen LogP contribution in [0.5, 0.6) is 0 Å². The standard InChI is InChI=1S/C14H20F3NO3/c15-14(16,17)10-3-1-9(2-4-10)7-11(19)18-8-13(5-6-13)12(20)21/h9-10H,1-8H2,(H,18,19)(H,20,21). The fourth-order valence-electron chi connectivity index (χ4n) is 2.91. The molecular weight excluding hydrogens is 287 g/mol. The topological polar surface area (TPSA) is 66.4 Å². The van der Waals surface area contributed by atoms with E-state index in [9.17, 15) is 22.8 Å². The number of aliphatic carboxylic acids is 1. The number of hydrogen-bond acceptors (Lipinski definition) is 2. The number of hydrogen-bond donors (Lipinski definition) is 2. The number of halogens is 3. The largest absolute Gasteiger partial charge is 0.481 e. The first-order chi connectivity index (χ1) is 9.73. The minimum Gasteiger partial charge on any atom is -0.481 e. The van der Waals surface area contributed by atoms with Crippen LogP contribution in [0.15, 0.2) is 0 Å². The van der Waals surface area contributed by atoms with E-state index in [1.165, 1.54) is 0 Å². The van der Waals surface area contributed by atoms with E-state index in [0.29, 0.717) is 25.7 Å². The molecule has 2 saturated carbocycles. The molecule has 0 unspecified atom stereocenters. The summed E-state index contributed by atoms with van der Waals surface area (Å²) in [6.45, 7) is 0.124. The van der Waals surface area contributed by atoms with Gasteiger partial charge in [0.1, 0.15) is 0 Å². The monoisotopic (exact) mass is 307 g/mol. The molecule has 21 heavy (non-hydrogen) atoms. The normalized spacial score (nSPS) is 28.0. The summed E-state index contributed by atoms with van der Waals surface area (Å²) in [6.07, 6.45) is -1.82. The molecule has 0 atom stereocenters. The van der Waals surface area contributed by atoms with Crippen molar-refractivity contribution < 1.29 is 27.9 Å². The maximum atomic E-state index is 12.5. The summed E-state index contributed by atoms with van der Waals surface area (Å²) in [7, 11) is 0. The maximum absolute atomic E-state index is 12.5. The highest BCUT2D eigenvalue weighted by atomic mass is 19.4. The third-order valence-corrected chi connectivity index (χ3v) is 4.71. The van der Waals surface area contributed by atoms with E-state index >= 15 is 0 Å². The van der Waals surface area contributed by atoms with Gasteiger partial charge < -0.3 is 10.4 Å². The van der Waals surface area contributed by atoms with Crippen molar-refractivity contribution in [3.8, 4) is 0 Å². The zero-order valence-corrected chi connectivity index (χ0v) is 11.7. The van der Waals surface area contributed by atoms with Crippen molar-refractivity contribution in [1.29, 1.82) is 0 Å². The van der Waals surface area contributed by atoms with Gasteiger partial charge >= 0.3 is 12.1 Å². The summed E-state index contributed by atoms with van der Waals surface area (Å²) in [4.78, 5) is 22.7. The second kappa shape index (κ2) is 5.85. The number of alkyl halides is 3. The van der Waals surface area contributed by atoms with Crippen LogP contribution in [-0.4, -0.2) is 29.7 Å². The van der Waals surface area contributed by atoms with Crippen LogP contribution in [0.2, 0.25) is 0 Å². The molecule has 2 aliphatic carbocycles. The fourth-order valence-corrected chi connectivity index (χ4v) is 2.91. The Morgan fingerprint density at radius 1 is 1.14 bits per heavy atom. The van der Waals surface area contributed by atoms with Crippen molar-refractivity contribution in [3.63, 3.8) is 0 Å². The Morgan fingerprint density at radius 2 is 1.71 bits per heavy atom. The van der Waals surface area contributed by atoms with Gasteiger partial charge in [0.05, 0.1) is 11.3 Å². The van der Waals surface area contributed by atoms with Gasteiger partial charge in [-0.2, -0.15) is 13.2 Å². The van der Waals surface area contributed by atoms with E-state index in [0.717, 1.165) is 0 Å². The molecule has 0 saturated heterocycles. The zero-order valence-electron chi connectivity index (χ0n) is 11.7. The van der Waals surface area contributed by atoms with E-state index in [1.807, 2.05) is 0 Å². The molecule has 0 aromatic carbocycles. The number of amides is 1. The molecule has 0 radical (unpaired) electrons. The van der Waals surface area contributed by atoms with Gasteiger partial charge in [-0.3, -0.25) is 9.59 Å². The molecule has 0 aliphatic heterocycles. The number of carboxylic acid groups (broad SMARTS) is 1. The van der Waals surface area contributed by atoms with Gasteiger partial charge in [0, 0.05) is 13.0 Å². The summed E-state index contributed by atoms with van der Waals surface area (Å²) in [5.41, 5.74) is -0.802. The van der Waals surface area contributed by atoms with Crippen molar-refractivity contribution in [2.45, 2.75) is 51.1 Å². The number of carbonyl (C=O) groups excluding carboxylic acids is 1. The van der Waals surface area contributed by atoms with Crippen LogP contribution >= 0.6 is 0 Å². The lowest BCUT2D eigenvalue weighted by molar-refractivity contribution is -0.184. The van der Waals surface area contributed by atoms with Gasteiger partial charge in [0.2, 0.25) is 5.91 Å². The van der Waals surface area contributed by atoms with Crippen LogP contribution in [0.4, 0.5) is 13.2 Å². The number of carbonyl (C=O) groups is 2. The van der Waals surface area contributed by atoms with Gasteiger partial charge in [-0.25, -0.2) is 0 Å². The summed E-state index contributed by atoms with van der Waals surface area (Å²) in [5.74, 6) is -2.41. The average molecular weight is 307 g/mol. The second-order valence-electron chi connectivity index (χ2n) is 6.33. The molecule has 0 bridgehead atoms. The van der Waals surface area contributed by atoms with E-state index in [2.05, 4.69) is 5.32 Å². The summed E-state index contributed by atoms with van der Waals surface area (Å²) in [5, 5.41) is 11.6. The molecule has 0 heterocycles. The number of nitrogens with one attached hydrogen (secondary N) is 1. The van der Waals surface area contributed by atoms with E-state index < -0.39 is 23.5 Å². The smallest absolute Gasteiger partial charge is 0.391 e. The Hall–Kier alpha value is -1.27. The molecule has 7 heteroatoms. The average Bonchev–Trinajstić information content (AvgIpc) is 3.17. The summed E-state index contributed by atoms with van der Waals surface area (Å²) in [6, 6.07) is 0. The van der Waals surface area contributed by atoms with Crippen molar-refractivity contribution in [2.24, 2.45) is 17.3 Å². The minimum absolute atomic E-state index is 0.0245. The van der Waals surface area contributed by atoms with Crippen LogP contribution in [0.25, 0.3) is 0 Å². The molecule has 0 aromatic rings. The maximum Gasteiger partial charge on any atom is 0.391 e. The number of carboxylic acids is 1. The van der Waals surface area contributed by atoms with Gasteiger partial charge in [0.25, 0.3) is 0 Å². The zero-order chi connectivity index (χ0) is 15.7. The lowest BCUT2D eigenvalue weighted by Crippen LogP contribution is -2.36. The highest BCUT2D eigenvalue weighted by Crippen LogP contribution is 2.45. The third kappa shape index (κ3) is 4.11. The lowest BCUT2D eigenvalue weighted by Gasteiger charge is -2.29. The second-order valence-corrected chi connectivity index (χ2v) is 6.33. The molecule has 0 spiro atoms. The Balaban J connectivity index is 1.69. The molecule has 2 aliphatic rings. The van der Waals surface area contributed by atoms with Crippen molar-refractivity contribution in [2.75, 3.05) is 6.54 Å². The molecule has 120 valence electrons. The van der Waals surface area contributed by atoms with Crippen molar-refractivity contribution in [3.05, 3.63) is 0 Å². The molecule has 2 N–H and O–H groups in total. The first-order valence-corrected chi connectivity index (χ1v) is 7.30. The van der Waals surface area contributed by atoms with Crippen LogP contribution in [0, 0.1) is 17.3 Å². The molecule has 2 fully saturated rings. The van der Waals surface area contributed by atoms with Crippen LogP contribution in [0.3, 0.4) is 0 Å². The van der Waals surface area contributed by atoms with Crippen LogP contribution in [-0.2, 0) is 9.59 Å². The highest BCUT2D eigenvalue weighted by Gasteiger charge is 2.50. The lowest BCUT2D eigenvalue weighted by atomic mass is 9.80. The Labute approximate surface area is 121 Å². The SMILES string of the molecule is O=C(CC1CCC(C(F)(F)F)CC1)NCC1(C(=O)O)CC1. The quantitative estimate of drug-likeness (QED) is 0.820. The van der Waals surface area contributed by atoms with E-state index in [4.69, 9.17) is 5.11 Å². The molecule has 4 nitrogen and oxygen atoms in total. The predicted octanol–water partition coefficient (Wildman–Crippen LogP) is 2.73. The third-order valence-electron chi connectivity index (χ3n) is 4.71. The van der Waals surface area contributed by atoms with E-state index in [-0.39, 0.29) is 37.6 Å². The first kappa shape index (κ1) is 16.1. The number of rotatable bonds is 5. The molecular formula is C14H20F3NO3. The highest BCUT2D eigenvalue weighted by molar-refractivity contribution is 5.81. The van der Waals surface area contributed by atoms with Gasteiger partial charge in [-0.1, -0.05) is 0 Å². The minimum atomic E-state index is -4.13. The summed E-state index contributed by atoms with van der Waals surface area (Å²) < 4.78 is 37.6. The predicted molar refractivity (Wildman–Crippen MR) is 68.4 cm³/mol. The molecule has 0 aromatic heterocycles. The molecule has 1 amide bonds. The first-order valence-electron chi connectivity index (χ1n) is 7.30.